The van der Waals surface area contributed by atoms with Crippen LogP contribution in [0.1, 0.15) is 34.6 Å². The summed E-state index contributed by atoms with van der Waals surface area (Å²) in [6.45, 7) is 3.57. The summed E-state index contributed by atoms with van der Waals surface area (Å²) in [4.78, 5) is 19.7. The second kappa shape index (κ2) is 6.85. The Hall–Kier alpha value is -2.19. The van der Waals surface area contributed by atoms with Gasteiger partial charge in [0, 0.05) is 51.0 Å². The van der Waals surface area contributed by atoms with Crippen LogP contribution in [0.15, 0.2) is 12.4 Å². The van der Waals surface area contributed by atoms with Gasteiger partial charge in [0.15, 0.2) is 5.69 Å². The van der Waals surface area contributed by atoms with Gasteiger partial charge in [-0.25, -0.2) is 0 Å². The topological polar surface area (TPSA) is 73.3 Å². The van der Waals surface area contributed by atoms with E-state index >= 15 is 0 Å². The predicted molar refractivity (Wildman–Crippen MR) is 99.2 cm³/mol. The molecule has 8 nitrogen and oxygen atoms in total. The van der Waals surface area contributed by atoms with Gasteiger partial charge in [-0.15, -0.1) is 0 Å². The number of aromatic nitrogens is 4. The average Bonchev–Trinajstić information content (AvgIpc) is 3.33. The molecule has 1 unspecified atom stereocenters. The molecule has 0 radical (unpaired) electrons. The van der Waals surface area contributed by atoms with E-state index in [0.717, 1.165) is 49.4 Å². The maximum absolute atomic E-state index is 13.2. The van der Waals surface area contributed by atoms with E-state index in [1.54, 1.807) is 10.9 Å². The molecule has 2 aromatic rings. The number of carbonyl (C=O) groups excluding carboxylic acids is 1. The van der Waals surface area contributed by atoms with Crippen molar-refractivity contribution < 1.29 is 4.79 Å². The lowest BCUT2D eigenvalue weighted by molar-refractivity contribution is 0.0977. The van der Waals surface area contributed by atoms with Crippen LogP contribution in [-0.2, 0) is 20.0 Å². The lowest BCUT2D eigenvalue weighted by atomic mass is 10.1. The zero-order valence-corrected chi connectivity index (χ0v) is 15.8. The summed E-state index contributed by atoms with van der Waals surface area (Å²) >= 11 is 0. The number of likely N-dealkylation sites (tertiary alicyclic amines) is 1. The van der Waals surface area contributed by atoms with E-state index in [9.17, 15) is 4.79 Å². The molecule has 8 heteroatoms. The molecule has 0 spiro atoms. The fourth-order valence-corrected chi connectivity index (χ4v) is 4.05. The van der Waals surface area contributed by atoms with Crippen LogP contribution in [-0.4, -0.2) is 75.5 Å². The van der Waals surface area contributed by atoms with E-state index < -0.39 is 0 Å². The van der Waals surface area contributed by atoms with E-state index in [-0.39, 0.29) is 5.91 Å². The molecular formula is C18H27N7O. The van der Waals surface area contributed by atoms with Crippen LogP contribution < -0.4 is 4.90 Å². The number of aryl methyl sites for hydroxylation is 2. The summed E-state index contributed by atoms with van der Waals surface area (Å²) in [5.74, 6) is -0.0219. The van der Waals surface area contributed by atoms with Gasteiger partial charge in [0.2, 0.25) is 0 Å². The van der Waals surface area contributed by atoms with E-state index in [1.807, 2.05) is 18.1 Å². The lowest BCUT2D eigenvalue weighted by Gasteiger charge is -2.26. The number of H-pyrrole nitrogens is 1. The van der Waals surface area contributed by atoms with Crippen molar-refractivity contribution in [2.24, 2.45) is 7.05 Å². The summed E-state index contributed by atoms with van der Waals surface area (Å²) in [7, 11) is 6.14. The van der Waals surface area contributed by atoms with Crippen LogP contribution in [0.5, 0.6) is 0 Å². The Morgan fingerprint density at radius 3 is 3.00 bits per heavy atom. The lowest BCUT2D eigenvalue weighted by Crippen LogP contribution is -2.36. The highest BCUT2D eigenvalue weighted by atomic mass is 16.2. The second-order valence-corrected chi connectivity index (χ2v) is 7.61. The molecule has 1 fully saturated rings. The van der Waals surface area contributed by atoms with Crippen molar-refractivity contribution in [3.8, 4) is 0 Å². The first-order valence-corrected chi connectivity index (χ1v) is 9.28. The maximum Gasteiger partial charge on any atom is 0.279 e. The number of amides is 1. The SMILES string of the molecule is CN(C)C1CCN(Cc2cn(C)nc2C(=O)N2CCCc3[nH]ncc32)C1. The first kappa shape index (κ1) is 17.2. The molecule has 2 aliphatic heterocycles. The zero-order valence-electron chi connectivity index (χ0n) is 15.8. The van der Waals surface area contributed by atoms with Gasteiger partial charge >= 0.3 is 0 Å². The highest BCUT2D eigenvalue weighted by molar-refractivity contribution is 6.06. The fraction of sp³-hybridized carbons (Fsp3) is 0.611. The largest absolute Gasteiger partial charge is 0.305 e. The van der Waals surface area contributed by atoms with E-state index in [1.165, 1.54) is 6.42 Å². The van der Waals surface area contributed by atoms with Crippen LogP contribution >= 0.6 is 0 Å². The van der Waals surface area contributed by atoms with Crippen molar-refractivity contribution >= 4 is 11.6 Å². The number of carbonyl (C=O) groups is 1. The fourth-order valence-electron chi connectivity index (χ4n) is 4.05. The molecule has 1 saturated heterocycles. The number of fused-ring (bicyclic) bond motifs is 1. The van der Waals surface area contributed by atoms with Crippen LogP contribution in [0.4, 0.5) is 5.69 Å². The molecule has 140 valence electrons. The van der Waals surface area contributed by atoms with Crippen molar-refractivity contribution in [2.75, 3.05) is 38.6 Å². The molecule has 1 atom stereocenters. The number of hydrogen-bond donors (Lipinski definition) is 1. The minimum atomic E-state index is -0.0219. The van der Waals surface area contributed by atoms with Crippen LogP contribution in [0.25, 0.3) is 0 Å². The van der Waals surface area contributed by atoms with Crippen molar-refractivity contribution in [3.63, 3.8) is 0 Å². The van der Waals surface area contributed by atoms with Gasteiger partial charge < -0.3 is 9.80 Å². The van der Waals surface area contributed by atoms with E-state index in [4.69, 9.17) is 0 Å². The maximum atomic E-state index is 13.2. The van der Waals surface area contributed by atoms with Crippen LogP contribution in [0, 0.1) is 0 Å². The third kappa shape index (κ3) is 3.14. The monoisotopic (exact) mass is 357 g/mol. The zero-order chi connectivity index (χ0) is 18.3. The first-order valence-electron chi connectivity index (χ1n) is 9.28. The Morgan fingerprint density at radius 1 is 1.38 bits per heavy atom. The van der Waals surface area contributed by atoms with E-state index in [2.05, 4.69) is 39.2 Å². The summed E-state index contributed by atoms with van der Waals surface area (Å²) < 4.78 is 1.75. The Morgan fingerprint density at radius 2 is 2.23 bits per heavy atom. The van der Waals surface area contributed by atoms with Crippen molar-refractivity contribution in [1.82, 2.24) is 29.8 Å². The Kier molecular flexibility index (Phi) is 4.54. The number of hydrogen-bond acceptors (Lipinski definition) is 5. The number of nitrogens with zero attached hydrogens (tertiary/aromatic N) is 6. The van der Waals surface area contributed by atoms with Gasteiger partial charge in [0.05, 0.1) is 17.6 Å². The molecular weight excluding hydrogens is 330 g/mol. The molecule has 2 aromatic heterocycles. The number of rotatable bonds is 4. The van der Waals surface area contributed by atoms with Crippen molar-refractivity contribution in [2.45, 2.75) is 31.8 Å². The molecule has 1 N–H and O–H groups in total. The first-order chi connectivity index (χ1) is 12.5. The highest BCUT2D eigenvalue weighted by Crippen LogP contribution is 2.27. The molecule has 4 rings (SSSR count). The minimum absolute atomic E-state index is 0.0219. The van der Waals surface area contributed by atoms with Crippen LogP contribution in [0.3, 0.4) is 0 Å². The molecule has 0 aliphatic carbocycles. The molecule has 26 heavy (non-hydrogen) atoms. The predicted octanol–water partition coefficient (Wildman–Crippen LogP) is 0.872. The Labute approximate surface area is 153 Å². The average molecular weight is 357 g/mol. The molecule has 0 saturated carbocycles. The number of anilines is 1. The quantitative estimate of drug-likeness (QED) is 0.879. The smallest absolute Gasteiger partial charge is 0.279 e. The Balaban J connectivity index is 1.54. The molecule has 0 aromatic carbocycles. The third-order valence-electron chi connectivity index (χ3n) is 5.52. The minimum Gasteiger partial charge on any atom is -0.305 e. The molecule has 4 heterocycles. The van der Waals surface area contributed by atoms with Crippen LogP contribution in [0.2, 0.25) is 0 Å². The van der Waals surface area contributed by atoms with Gasteiger partial charge in [0.25, 0.3) is 5.91 Å². The number of nitrogens with one attached hydrogen (secondary N) is 1. The van der Waals surface area contributed by atoms with Crippen molar-refractivity contribution in [1.29, 1.82) is 0 Å². The molecule has 2 aliphatic rings. The van der Waals surface area contributed by atoms with E-state index in [0.29, 0.717) is 18.3 Å². The van der Waals surface area contributed by atoms with Gasteiger partial charge in [0.1, 0.15) is 0 Å². The summed E-state index contributed by atoms with van der Waals surface area (Å²) in [5.41, 5.74) is 3.50. The second-order valence-electron chi connectivity index (χ2n) is 7.61. The highest BCUT2D eigenvalue weighted by Gasteiger charge is 2.30. The van der Waals surface area contributed by atoms with Gasteiger partial charge in [-0.05, 0) is 33.4 Å². The standard InChI is InChI=1S/C18H27N7O/c1-22(2)14-6-8-24(12-14)11-13-10-23(3)21-17(13)18(26)25-7-4-5-15-16(25)9-19-20-15/h9-10,14H,4-8,11-12H2,1-3H3,(H,19,20). The number of aromatic amines is 1. The number of likely N-dealkylation sites (N-methyl/N-ethyl adjacent to an activating group) is 1. The Bertz CT molecular complexity index is 793. The molecule has 1 amide bonds. The summed E-state index contributed by atoms with van der Waals surface area (Å²) in [6.07, 6.45) is 6.78. The van der Waals surface area contributed by atoms with Crippen molar-refractivity contribution in [3.05, 3.63) is 29.3 Å². The normalized spacial score (nSPS) is 20.8. The van der Waals surface area contributed by atoms with Gasteiger partial charge in [-0.3, -0.25) is 19.5 Å². The summed E-state index contributed by atoms with van der Waals surface area (Å²) in [5, 5.41) is 11.6. The van der Waals surface area contributed by atoms with Gasteiger partial charge in [-0.1, -0.05) is 0 Å². The summed E-state index contributed by atoms with van der Waals surface area (Å²) in [6, 6.07) is 0.585. The third-order valence-corrected chi connectivity index (χ3v) is 5.52. The molecule has 0 bridgehead atoms. The van der Waals surface area contributed by atoms with Gasteiger partial charge in [-0.2, -0.15) is 10.2 Å².